The normalized spacial score (nSPS) is 11.7. The van der Waals surface area contributed by atoms with E-state index in [-0.39, 0.29) is 29.1 Å². The average Bonchev–Trinajstić information content (AvgIpc) is 3.26. The van der Waals surface area contributed by atoms with Crippen LogP contribution in [0, 0.1) is 0 Å². The van der Waals surface area contributed by atoms with Crippen LogP contribution < -0.4 is 10.1 Å². The number of methoxy groups -OCH3 is 1. The van der Waals surface area contributed by atoms with E-state index in [0.29, 0.717) is 5.69 Å². The first-order chi connectivity index (χ1) is 13.0. The molecule has 0 amide bonds. The highest BCUT2D eigenvalue weighted by Crippen LogP contribution is 2.36. The molecule has 0 atom stereocenters. The minimum absolute atomic E-state index is 0.0625. The van der Waals surface area contributed by atoms with Crippen LogP contribution in [0.4, 0.5) is 24.8 Å². The van der Waals surface area contributed by atoms with E-state index in [1.807, 2.05) is 0 Å². The predicted octanol–water partition coefficient (Wildman–Crippen LogP) is 2.68. The first kappa shape index (κ1) is 16.8. The molecule has 9 nitrogen and oxygen atoms in total. The Labute approximate surface area is 149 Å². The van der Waals surface area contributed by atoms with Crippen molar-refractivity contribution in [3.63, 3.8) is 0 Å². The smallest absolute Gasteiger partial charge is 0.435 e. The molecule has 0 aliphatic heterocycles. The van der Waals surface area contributed by atoms with Crippen LogP contribution in [-0.4, -0.2) is 41.4 Å². The summed E-state index contributed by atoms with van der Waals surface area (Å²) in [5.74, 6) is 0.151. The molecule has 0 aromatic carbocycles. The summed E-state index contributed by atoms with van der Waals surface area (Å²) in [5, 5.41) is 2.87. The number of aromatic amines is 1. The molecule has 0 unspecified atom stereocenters. The van der Waals surface area contributed by atoms with Gasteiger partial charge in [-0.15, -0.1) is 0 Å². The fourth-order valence-electron chi connectivity index (χ4n) is 2.47. The zero-order chi connectivity index (χ0) is 19.0. The second-order valence-electron chi connectivity index (χ2n) is 5.33. The summed E-state index contributed by atoms with van der Waals surface area (Å²) in [6.07, 6.45) is 2.35. The molecule has 138 valence electrons. The molecule has 0 aliphatic rings. The molecule has 2 N–H and O–H groups in total. The molecule has 0 spiro atoms. The van der Waals surface area contributed by atoms with E-state index in [0.717, 1.165) is 0 Å². The van der Waals surface area contributed by atoms with Crippen molar-refractivity contribution in [3.05, 3.63) is 42.7 Å². The number of nitrogens with one attached hydrogen (secondary N) is 2. The van der Waals surface area contributed by atoms with Gasteiger partial charge in [0.25, 0.3) is 0 Å². The average molecular weight is 376 g/mol. The molecule has 12 heteroatoms. The Morgan fingerprint density at radius 3 is 2.59 bits per heavy atom. The SMILES string of the molecule is COc1ncc(Nc2ncc(-c3c(C(F)(F)F)nc4ncccn34)[nH]2)cn1. The summed E-state index contributed by atoms with van der Waals surface area (Å²) in [6.45, 7) is 0. The largest absolute Gasteiger partial charge is 0.467 e. The van der Waals surface area contributed by atoms with E-state index in [1.165, 1.54) is 48.6 Å². The Balaban J connectivity index is 1.72. The minimum atomic E-state index is -4.65. The maximum absolute atomic E-state index is 13.4. The third-order valence-electron chi connectivity index (χ3n) is 3.58. The van der Waals surface area contributed by atoms with Gasteiger partial charge in [0.05, 0.1) is 37.1 Å². The molecular weight excluding hydrogens is 365 g/mol. The van der Waals surface area contributed by atoms with Crippen LogP contribution in [0.5, 0.6) is 6.01 Å². The van der Waals surface area contributed by atoms with Gasteiger partial charge in [0, 0.05) is 12.4 Å². The van der Waals surface area contributed by atoms with E-state index >= 15 is 0 Å². The van der Waals surface area contributed by atoms with Crippen molar-refractivity contribution in [3.8, 4) is 17.4 Å². The molecule has 4 heterocycles. The lowest BCUT2D eigenvalue weighted by Gasteiger charge is -2.06. The van der Waals surface area contributed by atoms with Crippen LogP contribution in [0.3, 0.4) is 0 Å². The summed E-state index contributed by atoms with van der Waals surface area (Å²) in [7, 11) is 1.43. The summed E-state index contributed by atoms with van der Waals surface area (Å²) in [6, 6.07) is 1.71. The molecule has 4 aromatic rings. The Morgan fingerprint density at radius 2 is 1.89 bits per heavy atom. The Kier molecular flexibility index (Phi) is 3.86. The van der Waals surface area contributed by atoms with Crippen molar-refractivity contribution < 1.29 is 17.9 Å². The number of hydrogen-bond acceptors (Lipinski definition) is 7. The second kappa shape index (κ2) is 6.23. The van der Waals surface area contributed by atoms with Crippen molar-refractivity contribution in [1.29, 1.82) is 0 Å². The third-order valence-corrected chi connectivity index (χ3v) is 3.58. The first-order valence-electron chi connectivity index (χ1n) is 7.54. The molecule has 4 aromatic heterocycles. The molecule has 27 heavy (non-hydrogen) atoms. The number of nitrogens with zero attached hydrogens (tertiary/aromatic N) is 6. The van der Waals surface area contributed by atoms with E-state index in [4.69, 9.17) is 4.74 Å². The molecule has 0 fully saturated rings. The number of rotatable bonds is 4. The van der Waals surface area contributed by atoms with Gasteiger partial charge in [-0.2, -0.15) is 13.2 Å². The number of H-pyrrole nitrogens is 1. The van der Waals surface area contributed by atoms with Crippen LogP contribution in [0.2, 0.25) is 0 Å². The van der Waals surface area contributed by atoms with Gasteiger partial charge in [0.2, 0.25) is 11.7 Å². The van der Waals surface area contributed by atoms with Crippen molar-refractivity contribution in [2.75, 3.05) is 12.4 Å². The van der Waals surface area contributed by atoms with Crippen LogP contribution in [0.25, 0.3) is 17.2 Å². The van der Waals surface area contributed by atoms with Gasteiger partial charge in [0.15, 0.2) is 5.69 Å². The quantitative estimate of drug-likeness (QED) is 0.564. The zero-order valence-electron chi connectivity index (χ0n) is 13.7. The highest BCUT2D eigenvalue weighted by Gasteiger charge is 2.39. The van der Waals surface area contributed by atoms with E-state index < -0.39 is 11.9 Å². The highest BCUT2D eigenvalue weighted by atomic mass is 19.4. The summed E-state index contributed by atoms with van der Waals surface area (Å²) < 4.78 is 46.4. The van der Waals surface area contributed by atoms with E-state index in [9.17, 15) is 13.2 Å². The number of ether oxygens (including phenoxy) is 1. The molecule has 4 rings (SSSR count). The van der Waals surface area contributed by atoms with E-state index in [2.05, 4.69) is 35.2 Å². The lowest BCUT2D eigenvalue weighted by atomic mass is 10.2. The van der Waals surface area contributed by atoms with Gasteiger partial charge < -0.3 is 15.0 Å². The maximum Gasteiger partial charge on any atom is 0.435 e. The van der Waals surface area contributed by atoms with Crippen molar-refractivity contribution >= 4 is 17.4 Å². The van der Waals surface area contributed by atoms with Gasteiger partial charge in [-0.3, -0.25) is 4.40 Å². The first-order valence-corrected chi connectivity index (χ1v) is 7.54. The summed E-state index contributed by atoms with van der Waals surface area (Å²) in [4.78, 5) is 22.2. The molecule has 0 aliphatic carbocycles. The van der Waals surface area contributed by atoms with Gasteiger partial charge in [-0.25, -0.2) is 24.9 Å². The number of halogens is 3. The molecule has 0 saturated carbocycles. The van der Waals surface area contributed by atoms with Gasteiger partial charge in [-0.05, 0) is 6.07 Å². The second-order valence-corrected chi connectivity index (χ2v) is 5.33. The lowest BCUT2D eigenvalue weighted by Crippen LogP contribution is -2.08. The minimum Gasteiger partial charge on any atom is -0.467 e. The number of alkyl halides is 3. The molecule has 0 bridgehead atoms. The van der Waals surface area contributed by atoms with Crippen molar-refractivity contribution in [1.82, 2.24) is 34.3 Å². The molecular formula is C15H11F3N8O. The predicted molar refractivity (Wildman–Crippen MR) is 87.4 cm³/mol. The van der Waals surface area contributed by atoms with Crippen LogP contribution in [-0.2, 0) is 6.18 Å². The number of fused-ring (bicyclic) bond motifs is 1. The Morgan fingerprint density at radius 1 is 1.11 bits per heavy atom. The third kappa shape index (κ3) is 3.12. The number of anilines is 2. The van der Waals surface area contributed by atoms with Crippen LogP contribution in [0.15, 0.2) is 37.1 Å². The Hall–Kier alpha value is -3.70. The fourth-order valence-corrected chi connectivity index (χ4v) is 2.47. The molecule has 0 radical (unpaired) electrons. The monoisotopic (exact) mass is 376 g/mol. The van der Waals surface area contributed by atoms with Crippen LogP contribution in [0.1, 0.15) is 5.69 Å². The molecule has 0 saturated heterocycles. The van der Waals surface area contributed by atoms with E-state index in [1.54, 1.807) is 0 Å². The van der Waals surface area contributed by atoms with Gasteiger partial charge in [-0.1, -0.05) is 0 Å². The van der Waals surface area contributed by atoms with Gasteiger partial charge >= 0.3 is 12.2 Å². The maximum atomic E-state index is 13.4. The highest BCUT2D eigenvalue weighted by molar-refractivity contribution is 5.65. The van der Waals surface area contributed by atoms with Crippen LogP contribution >= 0.6 is 0 Å². The van der Waals surface area contributed by atoms with Crippen molar-refractivity contribution in [2.24, 2.45) is 0 Å². The standard InChI is InChI=1S/C15H11F3N8O/c1-27-14-21-5-8(6-22-14)23-12-20-7-9(24-12)10-11(15(16,17)18)25-13-19-3-2-4-26(10)13/h2-7H,1H3,(H2,20,23,24). The zero-order valence-corrected chi connectivity index (χ0v) is 13.7. The van der Waals surface area contributed by atoms with Gasteiger partial charge in [0.1, 0.15) is 5.69 Å². The number of aromatic nitrogens is 7. The Bertz CT molecular complexity index is 1090. The number of hydrogen-bond donors (Lipinski definition) is 2. The van der Waals surface area contributed by atoms with Crippen molar-refractivity contribution in [2.45, 2.75) is 6.18 Å². The lowest BCUT2D eigenvalue weighted by molar-refractivity contribution is -0.140. The topological polar surface area (TPSA) is 106 Å². The summed E-state index contributed by atoms with van der Waals surface area (Å²) in [5.41, 5.74) is -0.631. The summed E-state index contributed by atoms with van der Waals surface area (Å²) >= 11 is 0. The fraction of sp³-hybridized carbons (Fsp3) is 0.133. The number of imidazole rings is 2.